The molecule has 2 aromatic carbocycles. The van der Waals surface area contributed by atoms with E-state index in [1.165, 1.54) is 0 Å². The van der Waals surface area contributed by atoms with Gasteiger partial charge in [-0.1, -0.05) is 42.5 Å². The summed E-state index contributed by atoms with van der Waals surface area (Å²) in [6.07, 6.45) is 0. The first-order valence-electron chi connectivity index (χ1n) is 6.74. The van der Waals surface area contributed by atoms with Crippen LogP contribution in [0.5, 0.6) is 0 Å². The van der Waals surface area contributed by atoms with E-state index in [1.54, 1.807) is 55.5 Å². The van der Waals surface area contributed by atoms with Crippen molar-refractivity contribution in [3.8, 4) is 0 Å². The second-order valence-electron chi connectivity index (χ2n) is 5.03. The van der Waals surface area contributed by atoms with Crippen LogP contribution in [0.15, 0.2) is 54.6 Å². The lowest BCUT2D eigenvalue weighted by Gasteiger charge is -2.10. The zero-order chi connectivity index (χ0) is 16.2. The first kappa shape index (κ1) is 16.0. The number of carbonyl (C=O) groups is 1. The number of benzene rings is 2. The molecule has 0 aliphatic carbocycles. The summed E-state index contributed by atoms with van der Waals surface area (Å²) in [5, 5.41) is 8.94. The van der Waals surface area contributed by atoms with E-state index in [2.05, 4.69) is 4.72 Å². The van der Waals surface area contributed by atoms with E-state index < -0.39 is 21.9 Å². The van der Waals surface area contributed by atoms with E-state index in [0.717, 1.165) is 0 Å². The zero-order valence-corrected chi connectivity index (χ0v) is 12.9. The minimum atomic E-state index is -3.50. The van der Waals surface area contributed by atoms with Crippen molar-refractivity contribution in [3.05, 3.63) is 65.7 Å². The molecule has 0 saturated heterocycles. The molecule has 0 heterocycles. The van der Waals surface area contributed by atoms with Crippen LogP contribution in [-0.4, -0.2) is 19.5 Å². The number of nitrogens with one attached hydrogen (secondary N) is 1. The van der Waals surface area contributed by atoms with Crippen LogP contribution in [0, 0.1) is 0 Å². The van der Waals surface area contributed by atoms with E-state index in [0.29, 0.717) is 16.8 Å². The maximum atomic E-state index is 12.1. The number of aliphatic carboxylic acids is 1. The standard InChI is InChI=1S/C16H17NO4S/c1-12(16(18)19)14-7-9-15(10-8-14)17-22(20,21)11-13-5-3-2-4-6-13/h2-10,12,17H,11H2,1H3,(H,18,19)/t12-/m0/s1. The van der Waals surface area contributed by atoms with Crippen molar-refractivity contribution in [2.24, 2.45) is 0 Å². The van der Waals surface area contributed by atoms with Crippen molar-refractivity contribution in [1.29, 1.82) is 0 Å². The second kappa shape index (κ2) is 6.62. The first-order valence-corrected chi connectivity index (χ1v) is 8.40. The molecule has 0 unspecified atom stereocenters. The van der Waals surface area contributed by atoms with Gasteiger partial charge in [0.1, 0.15) is 0 Å². The lowest BCUT2D eigenvalue weighted by molar-refractivity contribution is -0.138. The van der Waals surface area contributed by atoms with E-state index in [1.807, 2.05) is 6.07 Å². The minimum Gasteiger partial charge on any atom is -0.481 e. The van der Waals surface area contributed by atoms with Gasteiger partial charge in [-0.25, -0.2) is 8.42 Å². The number of hydrogen-bond acceptors (Lipinski definition) is 3. The van der Waals surface area contributed by atoms with E-state index in [4.69, 9.17) is 5.11 Å². The van der Waals surface area contributed by atoms with Crippen LogP contribution in [-0.2, 0) is 20.6 Å². The van der Waals surface area contributed by atoms with Crippen LogP contribution in [0.3, 0.4) is 0 Å². The fraction of sp³-hybridized carbons (Fsp3) is 0.188. The summed E-state index contributed by atoms with van der Waals surface area (Å²) in [7, 11) is -3.50. The molecule has 0 radical (unpaired) electrons. The van der Waals surface area contributed by atoms with Gasteiger partial charge in [-0.3, -0.25) is 9.52 Å². The quantitative estimate of drug-likeness (QED) is 0.857. The molecule has 6 heteroatoms. The first-order chi connectivity index (χ1) is 10.4. The summed E-state index contributed by atoms with van der Waals surface area (Å²) >= 11 is 0. The van der Waals surface area contributed by atoms with Gasteiger partial charge >= 0.3 is 5.97 Å². The third-order valence-electron chi connectivity index (χ3n) is 3.25. The molecule has 1 atom stereocenters. The van der Waals surface area contributed by atoms with Crippen LogP contribution < -0.4 is 4.72 Å². The Morgan fingerprint density at radius 3 is 2.23 bits per heavy atom. The topological polar surface area (TPSA) is 83.5 Å². The molecular weight excluding hydrogens is 302 g/mol. The molecule has 0 fully saturated rings. The third-order valence-corrected chi connectivity index (χ3v) is 4.51. The van der Waals surface area contributed by atoms with Crippen molar-refractivity contribution < 1.29 is 18.3 Å². The van der Waals surface area contributed by atoms with Gasteiger partial charge in [0, 0.05) is 5.69 Å². The van der Waals surface area contributed by atoms with Gasteiger partial charge in [0.15, 0.2) is 0 Å². The monoisotopic (exact) mass is 319 g/mol. The molecule has 2 aromatic rings. The number of rotatable bonds is 6. The van der Waals surface area contributed by atoms with E-state index in [9.17, 15) is 13.2 Å². The fourth-order valence-electron chi connectivity index (χ4n) is 1.99. The molecule has 0 aliphatic rings. The Balaban J connectivity index is 2.08. The summed E-state index contributed by atoms with van der Waals surface area (Å²) in [6.45, 7) is 1.58. The average Bonchev–Trinajstić information content (AvgIpc) is 2.47. The molecule has 2 N–H and O–H groups in total. The predicted molar refractivity (Wildman–Crippen MR) is 85.2 cm³/mol. The highest BCUT2D eigenvalue weighted by molar-refractivity contribution is 7.91. The van der Waals surface area contributed by atoms with Crippen LogP contribution in [0.25, 0.3) is 0 Å². The van der Waals surface area contributed by atoms with Gasteiger partial charge in [0.05, 0.1) is 11.7 Å². The Hall–Kier alpha value is -2.34. The van der Waals surface area contributed by atoms with Gasteiger partial charge in [0.2, 0.25) is 10.0 Å². The third kappa shape index (κ3) is 4.33. The Labute approximate surface area is 129 Å². The smallest absolute Gasteiger partial charge is 0.310 e. The molecule has 116 valence electrons. The Bertz CT molecular complexity index is 739. The number of carboxylic acids is 1. The Morgan fingerprint density at radius 2 is 1.68 bits per heavy atom. The summed E-state index contributed by atoms with van der Waals surface area (Å²) in [5.41, 5.74) is 1.74. The average molecular weight is 319 g/mol. The van der Waals surface area contributed by atoms with Crippen molar-refractivity contribution in [1.82, 2.24) is 0 Å². The van der Waals surface area contributed by atoms with Crippen molar-refractivity contribution in [2.75, 3.05) is 4.72 Å². The molecule has 0 aromatic heterocycles. The second-order valence-corrected chi connectivity index (χ2v) is 6.75. The highest BCUT2D eigenvalue weighted by atomic mass is 32.2. The largest absolute Gasteiger partial charge is 0.481 e. The van der Waals surface area contributed by atoms with Crippen LogP contribution >= 0.6 is 0 Å². The van der Waals surface area contributed by atoms with Crippen LogP contribution in [0.4, 0.5) is 5.69 Å². The van der Waals surface area contributed by atoms with Gasteiger partial charge in [-0.15, -0.1) is 0 Å². The van der Waals surface area contributed by atoms with E-state index >= 15 is 0 Å². The maximum absolute atomic E-state index is 12.1. The minimum absolute atomic E-state index is 0.110. The lowest BCUT2D eigenvalue weighted by atomic mass is 10.0. The molecule has 5 nitrogen and oxygen atoms in total. The highest BCUT2D eigenvalue weighted by Gasteiger charge is 2.15. The number of sulfonamides is 1. The highest BCUT2D eigenvalue weighted by Crippen LogP contribution is 2.19. The Morgan fingerprint density at radius 1 is 1.09 bits per heavy atom. The molecule has 0 bridgehead atoms. The lowest BCUT2D eigenvalue weighted by Crippen LogP contribution is -2.15. The van der Waals surface area contributed by atoms with Gasteiger partial charge in [0.25, 0.3) is 0 Å². The fourth-order valence-corrected chi connectivity index (χ4v) is 3.19. The molecule has 0 saturated carbocycles. The Kier molecular flexibility index (Phi) is 4.82. The van der Waals surface area contributed by atoms with Gasteiger partial charge < -0.3 is 5.11 Å². The number of hydrogen-bond donors (Lipinski definition) is 2. The zero-order valence-electron chi connectivity index (χ0n) is 12.1. The summed E-state index contributed by atoms with van der Waals surface area (Å²) < 4.78 is 26.7. The number of carboxylic acid groups (broad SMARTS) is 1. The normalized spacial score (nSPS) is 12.6. The van der Waals surface area contributed by atoms with Crippen LogP contribution in [0.1, 0.15) is 24.0 Å². The molecule has 0 amide bonds. The molecular formula is C16H17NO4S. The van der Waals surface area contributed by atoms with E-state index in [-0.39, 0.29) is 5.75 Å². The summed E-state index contributed by atoms with van der Waals surface area (Å²) in [4.78, 5) is 10.9. The molecule has 0 spiro atoms. The molecule has 0 aliphatic heterocycles. The van der Waals surface area contributed by atoms with Gasteiger partial charge in [-0.2, -0.15) is 0 Å². The van der Waals surface area contributed by atoms with Crippen molar-refractivity contribution in [3.63, 3.8) is 0 Å². The maximum Gasteiger partial charge on any atom is 0.310 e. The van der Waals surface area contributed by atoms with Crippen molar-refractivity contribution in [2.45, 2.75) is 18.6 Å². The summed E-state index contributed by atoms with van der Waals surface area (Å²) in [5.74, 6) is -1.66. The predicted octanol–water partition coefficient (Wildman–Crippen LogP) is 2.82. The van der Waals surface area contributed by atoms with Crippen LogP contribution in [0.2, 0.25) is 0 Å². The summed E-state index contributed by atoms with van der Waals surface area (Å²) in [6, 6.07) is 15.2. The SMILES string of the molecule is C[C@H](C(=O)O)c1ccc(NS(=O)(=O)Cc2ccccc2)cc1. The van der Waals surface area contributed by atoms with Crippen molar-refractivity contribution >= 4 is 21.7 Å². The molecule has 2 rings (SSSR count). The molecule has 22 heavy (non-hydrogen) atoms. The van der Waals surface area contributed by atoms with Gasteiger partial charge in [-0.05, 0) is 30.2 Å². The number of anilines is 1.